The molecule has 1 N–H and O–H groups in total. The summed E-state index contributed by atoms with van der Waals surface area (Å²) in [6.07, 6.45) is 0. The molecule has 0 radical (unpaired) electrons. The van der Waals surface area contributed by atoms with Crippen LogP contribution < -0.4 is 9.46 Å². The molecular formula is C10H10BrFN2O3S. The van der Waals surface area contributed by atoms with Crippen LogP contribution in [-0.2, 0) is 10.0 Å². The van der Waals surface area contributed by atoms with E-state index in [1.54, 1.807) is 6.07 Å². The number of nitriles is 1. The minimum Gasteiger partial charge on any atom is -0.495 e. The fourth-order valence-electron chi connectivity index (χ4n) is 1.20. The monoisotopic (exact) mass is 336 g/mol. The van der Waals surface area contributed by atoms with E-state index in [9.17, 15) is 12.8 Å². The van der Waals surface area contributed by atoms with Crippen LogP contribution in [0.25, 0.3) is 0 Å². The third kappa shape index (κ3) is 3.19. The maximum atomic E-state index is 13.4. The SMILES string of the molecule is COc1cc(Br)c(F)cc1S(=O)(=O)N[C@@H](C)C#N. The Morgan fingerprint density at radius 1 is 1.56 bits per heavy atom. The predicted molar refractivity (Wildman–Crippen MR) is 66.0 cm³/mol. The molecule has 8 heteroatoms. The number of ether oxygens (including phenoxy) is 1. The number of hydrogen-bond donors (Lipinski definition) is 1. The molecule has 0 aromatic heterocycles. The highest BCUT2D eigenvalue weighted by Crippen LogP contribution is 2.29. The number of halogens is 2. The summed E-state index contributed by atoms with van der Waals surface area (Å²) < 4.78 is 44.3. The molecule has 0 aliphatic carbocycles. The van der Waals surface area contributed by atoms with Crippen LogP contribution in [-0.4, -0.2) is 21.6 Å². The summed E-state index contributed by atoms with van der Waals surface area (Å²) in [4.78, 5) is -0.354. The Morgan fingerprint density at radius 3 is 2.67 bits per heavy atom. The van der Waals surface area contributed by atoms with E-state index in [0.29, 0.717) is 0 Å². The van der Waals surface area contributed by atoms with Crippen LogP contribution in [0.3, 0.4) is 0 Å². The second-order valence-electron chi connectivity index (χ2n) is 3.39. The molecule has 0 amide bonds. The van der Waals surface area contributed by atoms with Gasteiger partial charge in [-0.05, 0) is 35.0 Å². The summed E-state index contributed by atoms with van der Waals surface area (Å²) >= 11 is 2.93. The lowest BCUT2D eigenvalue weighted by molar-refractivity contribution is 0.400. The molecule has 0 saturated carbocycles. The molecule has 0 saturated heterocycles. The number of benzene rings is 1. The van der Waals surface area contributed by atoms with Crippen LogP contribution in [0.4, 0.5) is 4.39 Å². The molecule has 1 atom stereocenters. The van der Waals surface area contributed by atoms with Crippen LogP contribution in [0.5, 0.6) is 5.75 Å². The van der Waals surface area contributed by atoms with Crippen LogP contribution in [0.1, 0.15) is 6.92 Å². The van der Waals surface area contributed by atoms with E-state index >= 15 is 0 Å². The van der Waals surface area contributed by atoms with Gasteiger partial charge in [-0.25, -0.2) is 12.8 Å². The smallest absolute Gasteiger partial charge is 0.245 e. The summed E-state index contributed by atoms with van der Waals surface area (Å²) in [5.41, 5.74) is 0. The third-order valence-corrected chi connectivity index (χ3v) is 4.19. The fraction of sp³-hybridized carbons (Fsp3) is 0.300. The molecule has 0 spiro atoms. The van der Waals surface area contributed by atoms with Crippen molar-refractivity contribution in [2.75, 3.05) is 7.11 Å². The van der Waals surface area contributed by atoms with E-state index in [4.69, 9.17) is 10.00 Å². The van der Waals surface area contributed by atoms with E-state index in [1.165, 1.54) is 20.1 Å². The fourth-order valence-corrected chi connectivity index (χ4v) is 2.84. The number of sulfonamides is 1. The topological polar surface area (TPSA) is 79.2 Å². The molecule has 0 bridgehead atoms. The first kappa shape index (κ1) is 14.9. The largest absolute Gasteiger partial charge is 0.495 e. The van der Waals surface area contributed by atoms with Gasteiger partial charge in [0.1, 0.15) is 22.5 Å². The maximum absolute atomic E-state index is 13.4. The van der Waals surface area contributed by atoms with Crippen molar-refractivity contribution >= 4 is 26.0 Å². The van der Waals surface area contributed by atoms with Crippen LogP contribution in [0.15, 0.2) is 21.5 Å². The van der Waals surface area contributed by atoms with Gasteiger partial charge in [0.25, 0.3) is 0 Å². The van der Waals surface area contributed by atoms with Gasteiger partial charge in [-0.3, -0.25) is 0 Å². The zero-order valence-electron chi connectivity index (χ0n) is 9.57. The second-order valence-corrected chi connectivity index (χ2v) is 5.93. The lowest BCUT2D eigenvalue weighted by Gasteiger charge is -2.12. The van der Waals surface area contributed by atoms with Crippen LogP contribution in [0.2, 0.25) is 0 Å². The number of nitrogens with zero attached hydrogens (tertiary/aromatic N) is 1. The summed E-state index contributed by atoms with van der Waals surface area (Å²) in [5.74, 6) is -0.748. The van der Waals surface area contributed by atoms with E-state index < -0.39 is 21.9 Å². The summed E-state index contributed by atoms with van der Waals surface area (Å²) in [7, 11) is -2.74. The predicted octanol–water partition coefficient (Wildman–Crippen LogP) is 1.79. The van der Waals surface area contributed by atoms with Crippen molar-refractivity contribution in [3.63, 3.8) is 0 Å². The Bertz CT molecular complexity index is 598. The first-order valence-electron chi connectivity index (χ1n) is 4.76. The molecule has 1 aromatic carbocycles. The van der Waals surface area contributed by atoms with E-state index in [2.05, 4.69) is 20.7 Å². The molecule has 0 unspecified atom stereocenters. The maximum Gasteiger partial charge on any atom is 0.245 e. The van der Waals surface area contributed by atoms with Gasteiger partial charge < -0.3 is 4.74 Å². The second kappa shape index (κ2) is 5.65. The molecule has 0 fully saturated rings. The van der Waals surface area contributed by atoms with Gasteiger partial charge in [-0.15, -0.1) is 0 Å². The Hall–Kier alpha value is -1.17. The highest BCUT2D eigenvalue weighted by atomic mass is 79.9. The highest BCUT2D eigenvalue weighted by molar-refractivity contribution is 9.10. The van der Waals surface area contributed by atoms with Gasteiger partial charge in [0.15, 0.2) is 0 Å². The lowest BCUT2D eigenvalue weighted by atomic mass is 10.3. The Labute approximate surface area is 113 Å². The molecule has 5 nitrogen and oxygen atoms in total. The van der Waals surface area contributed by atoms with Crippen molar-refractivity contribution in [2.45, 2.75) is 17.9 Å². The Morgan fingerprint density at radius 2 is 2.17 bits per heavy atom. The quantitative estimate of drug-likeness (QED) is 0.908. The van der Waals surface area contributed by atoms with Crippen molar-refractivity contribution in [3.05, 3.63) is 22.4 Å². The normalized spacial score (nSPS) is 12.8. The average molecular weight is 337 g/mol. The first-order valence-corrected chi connectivity index (χ1v) is 7.04. The van der Waals surface area contributed by atoms with Crippen molar-refractivity contribution in [2.24, 2.45) is 0 Å². The number of nitrogens with one attached hydrogen (secondary N) is 1. The summed E-state index contributed by atoms with van der Waals surface area (Å²) in [5, 5.41) is 8.58. The van der Waals surface area contributed by atoms with Gasteiger partial charge in [0.2, 0.25) is 10.0 Å². The molecule has 18 heavy (non-hydrogen) atoms. The van der Waals surface area contributed by atoms with Crippen molar-refractivity contribution in [1.29, 1.82) is 5.26 Å². The van der Waals surface area contributed by atoms with Crippen LogP contribution in [0, 0.1) is 17.1 Å². The molecular weight excluding hydrogens is 327 g/mol. The minimum atomic E-state index is -4.01. The summed E-state index contributed by atoms with van der Waals surface area (Å²) in [6, 6.07) is 2.83. The number of methoxy groups -OCH3 is 1. The van der Waals surface area contributed by atoms with E-state index in [1.807, 2.05) is 0 Å². The van der Waals surface area contributed by atoms with E-state index in [-0.39, 0.29) is 15.1 Å². The van der Waals surface area contributed by atoms with Gasteiger partial charge >= 0.3 is 0 Å². The van der Waals surface area contributed by atoms with Crippen molar-refractivity contribution in [1.82, 2.24) is 4.72 Å². The van der Waals surface area contributed by atoms with E-state index in [0.717, 1.165) is 6.07 Å². The number of rotatable bonds is 4. The third-order valence-electron chi connectivity index (χ3n) is 2.02. The average Bonchev–Trinajstić information content (AvgIpc) is 2.31. The van der Waals surface area contributed by atoms with Crippen molar-refractivity contribution < 1.29 is 17.5 Å². The Kier molecular flexibility index (Phi) is 4.67. The Balaban J connectivity index is 3.32. The van der Waals surface area contributed by atoms with Gasteiger partial charge in [-0.2, -0.15) is 9.98 Å². The van der Waals surface area contributed by atoms with Crippen molar-refractivity contribution in [3.8, 4) is 11.8 Å². The number of hydrogen-bond acceptors (Lipinski definition) is 4. The standard InChI is InChI=1S/C10H10BrFN2O3S/c1-6(5-13)14-18(15,16)10-4-8(12)7(11)3-9(10)17-2/h3-4,6,14H,1-2H3/t6-/m0/s1. The molecule has 0 aliphatic heterocycles. The molecule has 1 aromatic rings. The molecule has 1 rings (SSSR count). The van der Waals surface area contributed by atoms with Gasteiger partial charge in [-0.1, -0.05) is 0 Å². The molecule has 0 aliphatic rings. The molecule has 98 valence electrons. The zero-order chi connectivity index (χ0) is 13.9. The lowest BCUT2D eigenvalue weighted by Crippen LogP contribution is -2.31. The molecule has 0 heterocycles. The summed E-state index contributed by atoms with van der Waals surface area (Å²) in [6.45, 7) is 1.37. The highest BCUT2D eigenvalue weighted by Gasteiger charge is 2.23. The zero-order valence-corrected chi connectivity index (χ0v) is 12.0. The first-order chi connectivity index (χ1) is 8.31. The van der Waals surface area contributed by atoms with Gasteiger partial charge in [0, 0.05) is 0 Å². The van der Waals surface area contributed by atoms with Crippen LogP contribution >= 0.6 is 15.9 Å². The van der Waals surface area contributed by atoms with Gasteiger partial charge in [0.05, 0.1) is 17.7 Å². The minimum absolute atomic E-state index is 0.0130.